The molecule has 2 aliphatic heterocycles. The number of Topliss-reactive ketones (excluding diaryl/α,β-unsaturated/α-hetero) is 2. The molecule has 2 aromatic carbocycles. The summed E-state index contributed by atoms with van der Waals surface area (Å²) >= 11 is 0. The first-order chi connectivity index (χ1) is 15.0. The maximum absolute atomic E-state index is 13.1. The summed E-state index contributed by atoms with van der Waals surface area (Å²) in [4.78, 5) is 39.5. The molecule has 5 rings (SSSR count). The van der Waals surface area contributed by atoms with Crippen LogP contribution in [-0.2, 0) is 27.3 Å². The Labute approximate surface area is 181 Å². The third-order valence-corrected chi connectivity index (χ3v) is 6.76. The molecule has 0 aliphatic carbocycles. The summed E-state index contributed by atoms with van der Waals surface area (Å²) in [5.41, 5.74) is 4.46. The molecule has 0 bridgehead atoms. The van der Waals surface area contributed by atoms with Crippen molar-refractivity contribution in [2.45, 2.75) is 45.2 Å². The normalized spacial score (nSPS) is 20.6. The maximum Gasteiger partial charge on any atom is 0.227 e. The van der Waals surface area contributed by atoms with Crippen molar-refractivity contribution in [2.24, 2.45) is 5.92 Å². The zero-order valence-corrected chi connectivity index (χ0v) is 17.7. The minimum Gasteiger partial charge on any atom is -0.338 e. The van der Waals surface area contributed by atoms with Gasteiger partial charge in [-0.15, -0.1) is 0 Å². The van der Waals surface area contributed by atoms with Crippen LogP contribution in [0.15, 0.2) is 54.6 Å². The van der Waals surface area contributed by atoms with Gasteiger partial charge in [-0.2, -0.15) is 0 Å². The summed E-state index contributed by atoms with van der Waals surface area (Å²) in [7, 11) is 0. The molecule has 3 heterocycles. The first-order valence-electron chi connectivity index (χ1n) is 11.0. The Morgan fingerprint density at radius 2 is 1.77 bits per heavy atom. The Bertz CT molecular complexity index is 1180. The van der Waals surface area contributed by atoms with Gasteiger partial charge in [-0.1, -0.05) is 48.5 Å². The fourth-order valence-electron chi connectivity index (χ4n) is 5.23. The topological polar surface area (TPSA) is 59.4 Å². The number of carbonyl (C=O) groups is 3. The van der Waals surface area contributed by atoms with Crippen LogP contribution in [0.3, 0.4) is 0 Å². The van der Waals surface area contributed by atoms with E-state index < -0.39 is 0 Å². The highest BCUT2D eigenvalue weighted by molar-refractivity contribution is 5.95. The van der Waals surface area contributed by atoms with E-state index in [-0.39, 0.29) is 29.4 Å². The first-order valence-corrected chi connectivity index (χ1v) is 11.0. The van der Waals surface area contributed by atoms with Gasteiger partial charge in [-0.3, -0.25) is 9.59 Å². The molecule has 158 valence electrons. The average Bonchev–Trinajstić information content (AvgIpc) is 3.07. The molecule has 3 aromatic rings. The molecule has 1 fully saturated rings. The van der Waals surface area contributed by atoms with Gasteiger partial charge in [-0.25, -0.2) is 0 Å². The lowest BCUT2D eigenvalue weighted by Gasteiger charge is -2.42. The molecular weight excluding hydrogens is 388 g/mol. The minimum absolute atomic E-state index is 0.0837. The largest absolute Gasteiger partial charge is 0.338 e. The average molecular weight is 415 g/mol. The summed E-state index contributed by atoms with van der Waals surface area (Å²) in [5.74, 6) is 0.0999. The number of amides is 1. The van der Waals surface area contributed by atoms with Gasteiger partial charge in [0.1, 0.15) is 11.6 Å². The van der Waals surface area contributed by atoms with E-state index in [1.54, 1.807) is 6.92 Å². The van der Waals surface area contributed by atoms with Gasteiger partial charge in [0, 0.05) is 48.4 Å². The van der Waals surface area contributed by atoms with Gasteiger partial charge in [0.2, 0.25) is 5.91 Å². The van der Waals surface area contributed by atoms with E-state index >= 15 is 0 Å². The Morgan fingerprint density at radius 3 is 2.55 bits per heavy atom. The van der Waals surface area contributed by atoms with Crippen molar-refractivity contribution in [3.05, 3.63) is 71.4 Å². The first kappa shape index (κ1) is 19.7. The van der Waals surface area contributed by atoms with Gasteiger partial charge < -0.3 is 14.3 Å². The van der Waals surface area contributed by atoms with Crippen LogP contribution in [0.25, 0.3) is 10.9 Å². The van der Waals surface area contributed by atoms with Gasteiger partial charge in [-0.05, 0) is 30.5 Å². The second-order valence-corrected chi connectivity index (χ2v) is 8.80. The Kier molecular flexibility index (Phi) is 4.97. The highest BCUT2D eigenvalue weighted by Gasteiger charge is 2.43. The lowest BCUT2D eigenvalue weighted by atomic mass is 9.83. The van der Waals surface area contributed by atoms with E-state index in [4.69, 9.17) is 0 Å². The van der Waals surface area contributed by atoms with E-state index in [1.165, 1.54) is 5.56 Å². The summed E-state index contributed by atoms with van der Waals surface area (Å²) < 4.78 is 2.30. The summed E-state index contributed by atoms with van der Waals surface area (Å²) in [5, 5.41) is 1.10. The van der Waals surface area contributed by atoms with Crippen molar-refractivity contribution in [1.82, 2.24) is 9.47 Å². The van der Waals surface area contributed by atoms with Gasteiger partial charge in [0.25, 0.3) is 0 Å². The number of nitrogens with zero attached hydrogens (tertiary/aromatic N) is 2. The number of para-hydroxylation sites is 1. The van der Waals surface area contributed by atoms with Crippen LogP contribution in [-0.4, -0.2) is 33.5 Å². The molecule has 2 unspecified atom stereocenters. The SMILES string of the molecule is CC(=O)CCC1CN2C(=O)Cc3c(n(Cc4ccccc4)c4ccccc34)C2CC1=O. The zero-order chi connectivity index (χ0) is 21.5. The van der Waals surface area contributed by atoms with E-state index in [1.807, 2.05) is 35.2 Å². The number of aromatic nitrogens is 1. The number of carbonyl (C=O) groups excluding carboxylic acids is 3. The molecule has 31 heavy (non-hydrogen) atoms. The summed E-state index contributed by atoms with van der Waals surface area (Å²) in [6.45, 7) is 2.68. The van der Waals surface area contributed by atoms with Crippen LogP contribution in [0.4, 0.5) is 0 Å². The number of hydrogen-bond acceptors (Lipinski definition) is 3. The van der Waals surface area contributed by atoms with E-state index in [9.17, 15) is 14.4 Å². The van der Waals surface area contributed by atoms with Crippen LogP contribution in [0.5, 0.6) is 0 Å². The molecule has 1 amide bonds. The molecule has 0 N–H and O–H groups in total. The van der Waals surface area contributed by atoms with Crippen molar-refractivity contribution in [3.8, 4) is 0 Å². The summed E-state index contributed by atoms with van der Waals surface area (Å²) in [6, 6.07) is 18.3. The van der Waals surface area contributed by atoms with Crippen LogP contribution >= 0.6 is 0 Å². The zero-order valence-electron chi connectivity index (χ0n) is 17.7. The number of benzene rings is 2. The third-order valence-electron chi connectivity index (χ3n) is 6.76. The van der Waals surface area contributed by atoms with Crippen LogP contribution < -0.4 is 0 Å². The molecule has 0 saturated carbocycles. The van der Waals surface area contributed by atoms with Gasteiger partial charge in [0.15, 0.2) is 0 Å². The van der Waals surface area contributed by atoms with Gasteiger partial charge in [0.05, 0.1) is 12.5 Å². The molecule has 5 heteroatoms. The highest BCUT2D eigenvalue weighted by Crippen LogP contribution is 2.43. The standard InChI is InChI=1S/C26H26N2O3/c1-17(29)11-12-19-16-27-23(14-24(19)30)26-21(13-25(27)31)20-9-5-6-10-22(20)28(26)15-18-7-3-2-4-8-18/h2-10,19,23H,11-16H2,1H3. The van der Waals surface area contributed by atoms with Crippen molar-refractivity contribution in [1.29, 1.82) is 0 Å². The molecule has 1 aromatic heterocycles. The molecule has 1 saturated heterocycles. The lowest BCUT2D eigenvalue weighted by Crippen LogP contribution is -2.49. The second-order valence-electron chi connectivity index (χ2n) is 8.80. The van der Waals surface area contributed by atoms with E-state index in [0.717, 1.165) is 22.2 Å². The molecule has 2 atom stereocenters. The molecule has 0 spiro atoms. The highest BCUT2D eigenvalue weighted by atomic mass is 16.2. The molecule has 0 radical (unpaired) electrons. The monoisotopic (exact) mass is 414 g/mol. The molecule has 5 nitrogen and oxygen atoms in total. The number of hydrogen-bond donors (Lipinski definition) is 0. The van der Waals surface area contributed by atoms with Crippen molar-refractivity contribution in [3.63, 3.8) is 0 Å². The van der Waals surface area contributed by atoms with Crippen LogP contribution in [0.2, 0.25) is 0 Å². The van der Waals surface area contributed by atoms with E-state index in [2.05, 4.69) is 28.8 Å². The number of fused-ring (bicyclic) bond motifs is 5. The van der Waals surface area contributed by atoms with Gasteiger partial charge >= 0.3 is 0 Å². The van der Waals surface area contributed by atoms with Crippen molar-refractivity contribution in [2.75, 3.05) is 6.54 Å². The number of piperidine rings is 1. The predicted molar refractivity (Wildman–Crippen MR) is 119 cm³/mol. The fraction of sp³-hybridized carbons (Fsp3) is 0.346. The fourth-order valence-corrected chi connectivity index (χ4v) is 5.23. The third kappa shape index (κ3) is 3.48. The smallest absolute Gasteiger partial charge is 0.227 e. The maximum atomic E-state index is 13.1. The summed E-state index contributed by atoms with van der Waals surface area (Å²) in [6.07, 6.45) is 1.61. The van der Waals surface area contributed by atoms with Crippen molar-refractivity contribution >= 4 is 28.4 Å². The Hall–Kier alpha value is -3.21. The lowest BCUT2D eigenvalue weighted by molar-refractivity contribution is -0.142. The Balaban J connectivity index is 1.58. The van der Waals surface area contributed by atoms with Crippen molar-refractivity contribution < 1.29 is 14.4 Å². The Morgan fingerprint density at radius 1 is 1.03 bits per heavy atom. The number of rotatable bonds is 5. The molecular formula is C26H26N2O3. The second kappa shape index (κ2) is 7.80. The predicted octanol–water partition coefficient (Wildman–Crippen LogP) is 4.07. The van der Waals surface area contributed by atoms with E-state index in [0.29, 0.717) is 38.8 Å². The quantitative estimate of drug-likeness (QED) is 0.632. The van der Waals surface area contributed by atoms with Crippen LogP contribution in [0, 0.1) is 5.92 Å². The minimum atomic E-state index is -0.238. The molecule has 2 aliphatic rings. The number of ketones is 2. The van der Waals surface area contributed by atoms with Crippen LogP contribution in [0.1, 0.15) is 49.0 Å².